The summed E-state index contributed by atoms with van der Waals surface area (Å²) in [5, 5.41) is 2.44. The van der Waals surface area contributed by atoms with E-state index in [0.717, 1.165) is 11.1 Å². The number of carbonyl (C=O) groups excluding carboxylic acids is 3. The fraction of sp³-hybridized carbons (Fsp3) is 0.261. The zero-order valence-corrected chi connectivity index (χ0v) is 16.8. The second-order valence-corrected chi connectivity index (χ2v) is 6.89. The molecule has 1 fully saturated rings. The van der Waals surface area contributed by atoms with E-state index in [4.69, 9.17) is 9.47 Å². The number of amides is 2. The molecule has 1 aliphatic rings. The maximum Gasteiger partial charge on any atom is 0.412 e. The zero-order valence-electron chi connectivity index (χ0n) is 16.8. The molecule has 3 rings (SSSR count). The van der Waals surface area contributed by atoms with Crippen LogP contribution >= 0.6 is 0 Å². The Labute approximate surface area is 175 Å². The first-order valence-electron chi connectivity index (χ1n) is 9.70. The van der Waals surface area contributed by atoms with Crippen LogP contribution in [0.5, 0.6) is 0 Å². The molecule has 0 aromatic heterocycles. The summed E-state index contributed by atoms with van der Waals surface area (Å²) in [7, 11) is 0. The predicted octanol–water partition coefficient (Wildman–Crippen LogP) is 2.69. The first-order chi connectivity index (χ1) is 14.5. The third-order valence-electron chi connectivity index (χ3n) is 4.58. The van der Waals surface area contributed by atoms with E-state index in [1.165, 1.54) is 11.0 Å². The molecule has 30 heavy (non-hydrogen) atoms. The molecule has 7 nitrogen and oxygen atoms in total. The van der Waals surface area contributed by atoms with Crippen molar-refractivity contribution in [2.24, 2.45) is 0 Å². The molecule has 156 valence electrons. The van der Waals surface area contributed by atoms with E-state index in [1.54, 1.807) is 12.1 Å². The predicted molar refractivity (Wildman–Crippen MR) is 111 cm³/mol. The monoisotopic (exact) mass is 408 g/mol. The van der Waals surface area contributed by atoms with E-state index in [9.17, 15) is 14.4 Å². The lowest BCUT2D eigenvalue weighted by Crippen LogP contribution is -2.46. The van der Waals surface area contributed by atoms with Gasteiger partial charge in [-0.3, -0.25) is 14.9 Å². The average Bonchev–Trinajstić information content (AvgIpc) is 2.79. The molecule has 0 bridgehead atoms. The molecule has 2 aromatic rings. The number of nitrogens with one attached hydrogen (secondary N) is 1. The Balaban J connectivity index is 1.74. The van der Waals surface area contributed by atoms with Gasteiger partial charge in [-0.2, -0.15) is 0 Å². The molecule has 1 aliphatic heterocycles. The van der Waals surface area contributed by atoms with Crippen molar-refractivity contribution < 1.29 is 23.9 Å². The molecule has 0 unspecified atom stereocenters. The van der Waals surface area contributed by atoms with Gasteiger partial charge in [0.15, 0.2) is 0 Å². The van der Waals surface area contributed by atoms with Crippen molar-refractivity contribution >= 4 is 23.9 Å². The van der Waals surface area contributed by atoms with Gasteiger partial charge in [0.25, 0.3) is 11.7 Å². The molecule has 0 spiro atoms. The summed E-state index contributed by atoms with van der Waals surface area (Å²) in [6, 6.07) is 16.6. The van der Waals surface area contributed by atoms with Gasteiger partial charge in [0.1, 0.15) is 6.61 Å². The van der Waals surface area contributed by atoms with Gasteiger partial charge < -0.3 is 14.4 Å². The van der Waals surface area contributed by atoms with Crippen molar-refractivity contribution in [3.8, 4) is 0 Å². The van der Waals surface area contributed by atoms with Crippen LogP contribution in [0.2, 0.25) is 0 Å². The van der Waals surface area contributed by atoms with Crippen molar-refractivity contribution in [3.05, 3.63) is 77.0 Å². The van der Waals surface area contributed by atoms with E-state index in [-0.39, 0.29) is 12.3 Å². The number of ether oxygens (including phenoxy) is 2. The number of Topliss-reactive ketones (excluding diaryl/α,β-unsaturated/α-hetero) is 1. The second-order valence-electron chi connectivity index (χ2n) is 6.89. The summed E-state index contributed by atoms with van der Waals surface area (Å²) in [6.45, 7) is 3.42. The van der Waals surface area contributed by atoms with Crippen LogP contribution in [0, 0.1) is 6.92 Å². The number of hydrogen-bond donors (Lipinski definition) is 1. The van der Waals surface area contributed by atoms with Crippen molar-refractivity contribution in [1.29, 1.82) is 0 Å². The van der Waals surface area contributed by atoms with Gasteiger partial charge in [0, 0.05) is 13.1 Å². The highest BCUT2D eigenvalue weighted by Gasteiger charge is 2.27. The number of nitrogens with zero attached hydrogens (tertiary/aromatic N) is 1. The van der Waals surface area contributed by atoms with Crippen molar-refractivity contribution in [2.45, 2.75) is 13.5 Å². The molecule has 2 aromatic carbocycles. The van der Waals surface area contributed by atoms with Crippen LogP contribution in [-0.4, -0.2) is 49.0 Å². The number of alkyl carbamates (subject to hydrolysis) is 1. The summed E-state index contributed by atoms with van der Waals surface area (Å²) in [5.41, 5.74) is 2.42. The number of benzene rings is 2. The highest BCUT2D eigenvalue weighted by Crippen LogP contribution is 2.11. The van der Waals surface area contributed by atoms with Crippen molar-refractivity contribution in [3.63, 3.8) is 0 Å². The molecule has 1 N–H and O–H groups in total. The quantitative estimate of drug-likeness (QED) is 0.587. The van der Waals surface area contributed by atoms with Crippen molar-refractivity contribution in [2.75, 3.05) is 26.3 Å². The minimum absolute atomic E-state index is 0.0517. The molecule has 0 atom stereocenters. The van der Waals surface area contributed by atoms with Gasteiger partial charge in [0.05, 0.1) is 18.9 Å². The van der Waals surface area contributed by atoms with Crippen LogP contribution in [0.25, 0.3) is 6.08 Å². The van der Waals surface area contributed by atoms with Crippen LogP contribution in [0.3, 0.4) is 0 Å². The van der Waals surface area contributed by atoms with Gasteiger partial charge in [-0.05, 0) is 24.1 Å². The zero-order chi connectivity index (χ0) is 21.3. The molecule has 1 saturated heterocycles. The number of carbonyl (C=O) groups is 3. The highest BCUT2D eigenvalue weighted by molar-refractivity contribution is 6.43. The third kappa shape index (κ3) is 6.02. The Kier molecular flexibility index (Phi) is 7.34. The molecule has 2 amide bonds. The van der Waals surface area contributed by atoms with E-state index in [2.05, 4.69) is 5.32 Å². The smallest absolute Gasteiger partial charge is 0.412 e. The Morgan fingerprint density at radius 2 is 1.70 bits per heavy atom. The normalized spacial score (nSPS) is 14.2. The Bertz CT molecular complexity index is 916. The van der Waals surface area contributed by atoms with Gasteiger partial charge in [-0.25, -0.2) is 4.79 Å². The van der Waals surface area contributed by atoms with Crippen LogP contribution in [-0.2, 0) is 25.7 Å². The van der Waals surface area contributed by atoms with Gasteiger partial charge in [-0.15, -0.1) is 0 Å². The summed E-state index contributed by atoms with van der Waals surface area (Å²) in [6.07, 6.45) is 0.671. The van der Waals surface area contributed by atoms with Crippen LogP contribution in [0.4, 0.5) is 4.79 Å². The van der Waals surface area contributed by atoms with Gasteiger partial charge >= 0.3 is 6.09 Å². The lowest BCUT2D eigenvalue weighted by atomic mass is 10.1. The maximum absolute atomic E-state index is 12.9. The summed E-state index contributed by atoms with van der Waals surface area (Å²) >= 11 is 0. The SMILES string of the molecule is Cc1ccc(/C=C(\NC(=O)OCc2ccccc2)C(=O)C(=O)N2CCOCC2)cc1. The average molecular weight is 408 g/mol. The first kappa shape index (κ1) is 21.3. The number of ketones is 1. The topological polar surface area (TPSA) is 84.9 Å². The van der Waals surface area contributed by atoms with Crippen LogP contribution in [0.1, 0.15) is 16.7 Å². The second kappa shape index (κ2) is 10.4. The molecular formula is C23H24N2O5. The number of hydrogen-bond acceptors (Lipinski definition) is 5. The van der Waals surface area contributed by atoms with Crippen molar-refractivity contribution in [1.82, 2.24) is 10.2 Å². The largest absolute Gasteiger partial charge is 0.444 e. The maximum atomic E-state index is 12.9. The van der Waals surface area contributed by atoms with Crippen LogP contribution in [0.15, 0.2) is 60.3 Å². The fourth-order valence-electron chi connectivity index (χ4n) is 2.88. The summed E-state index contributed by atoms with van der Waals surface area (Å²) < 4.78 is 10.4. The lowest BCUT2D eigenvalue weighted by Gasteiger charge is -2.26. The first-order valence-corrected chi connectivity index (χ1v) is 9.70. The minimum Gasteiger partial charge on any atom is -0.444 e. The van der Waals surface area contributed by atoms with E-state index >= 15 is 0 Å². The van der Waals surface area contributed by atoms with Gasteiger partial charge in [-0.1, -0.05) is 60.2 Å². The standard InChI is InChI=1S/C23H24N2O5/c1-17-7-9-18(10-8-17)15-20(21(26)22(27)25-11-13-29-14-12-25)24-23(28)30-16-19-5-3-2-4-6-19/h2-10,15H,11-14,16H2,1H3,(H,24,28)/b20-15-. The fourth-order valence-corrected chi connectivity index (χ4v) is 2.88. The summed E-state index contributed by atoms with van der Waals surface area (Å²) in [4.78, 5) is 39.2. The molecule has 0 aliphatic carbocycles. The Morgan fingerprint density at radius 3 is 2.37 bits per heavy atom. The molecule has 0 saturated carbocycles. The van der Waals surface area contributed by atoms with E-state index in [1.807, 2.05) is 49.4 Å². The summed E-state index contributed by atoms with van der Waals surface area (Å²) in [5.74, 6) is -1.48. The number of morpholine rings is 1. The highest BCUT2D eigenvalue weighted by atomic mass is 16.5. The third-order valence-corrected chi connectivity index (χ3v) is 4.58. The molecular weight excluding hydrogens is 384 g/mol. The van der Waals surface area contributed by atoms with E-state index in [0.29, 0.717) is 31.9 Å². The number of aryl methyl sites for hydroxylation is 1. The molecule has 1 heterocycles. The van der Waals surface area contributed by atoms with E-state index < -0.39 is 17.8 Å². The number of rotatable bonds is 6. The Hall–Kier alpha value is -3.45. The lowest BCUT2D eigenvalue weighted by molar-refractivity contribution is -0.145. The minimum atomic E-state index is -0.805. The van der Waals surface area contributed by atoms with Crippen LogP contribution < -0.4 is 5.32 Å². The molecule has 0 radical (unpaired) electrons. The van der Waals surface area contributed by atoms with Gasteiger partial charge in [0.2, 0.25) is 0 Å². The molecule has 7 heteroatoms. The Morgan fingerprint density at radius 1 is 1.03 bits per heavy atom.